The molecule has 2 N–H and O–H groups in total. The zero-order chi connectivity index (χ0) is 16.1. The third kappa shape index (κ3) is 4.54. The highest BCUT2D eigenvalue weighted by molar-refractivity contribution is 7.10. The predicted octanol–water partition coefficient (Wildman–Crippen LogP) is 2.69. The summed E-state index contributed by atoms with van der Waals surface area (Å²) in [5.74, 6) is 0.0410. The van der Waals surface area contributed by atoms with E-state index < -0.39 is 0 Å². The van der Waals surface area contributed by atoms with E-state index in [0.717, 1.165) is 25.7 Å². The summed E-state index contributed by atoms with van der Waals surface area (Å²) in [6, 6.07) is 2.44. The average Bonchev–Trinajstić information content (AvgIpc) is 2.88. The Bertz CT molecular complexity index is 487. The van der Waals surface area contributed by atoms with E-state index in [4.69, 9.17) is 0 Å². The quantitative estimate of drug-likeness (QED) is 0.846. The number of aliphatic hydroxyl groups excluding tert-OH is 1. The van der Waals surface area contributed by atoms with E-state index in [9.17, 15) is 9.90 Å². The zero-order valence-electron chi connectivity index (χ0n) is 13.8. The van der Waals surface area contributed by atoms with Crippen LogP contribution in [0.4, 0.5) is 0 Å². The van der Waals surface area contributed by atoms with Crippen molar-refractivity contribution in [3.63, 3.8) is 0 Å². The van der Waals surface area contributed by atoms with Gasteiger partial charge >= 0.3 is 0 Å². The van der Waals surface area contributed by atoms with Crippen molar-refractivity contribution in [1.82, 2.24) is 10.2 Å². The van der Waals surface area contributed by atoms with Gasteiger partial charge in [-0.1, -0.05) is 12.8 Å². The third-order valence-electron chi connectivity index (χ3n) is 4.52. The SMILES string of the molecule is Cc1ccsc1CNC(=O)CN(C(C)C)[C@H]1CCCC[C@H]1O. The lowest BCUT2D eigenvalue weighted by atomic mass is 9.90. The molecule has 1 aromatic rings. The molecule has 5 heteroatoms. The van der Waals surface area contributed by atoms with Crippen LogP contribution in [-0.4, -0.2) is 40.6 Å². The number of nitrogens with one attached hydrogen (secondary N) is 1. The predicted molar refractivity (Wildman–Crippen MR) is 91.0 cm³/mol. The third-order valence-corrected chi connectivity index (χ3v) is 5.55. The molecule has 1 aliphatic rings. The largest absolute Gasteiger partial charge is 0.391 e. The van der Waals surface area contributed by atoms with Crippen molar-refractivity contribution in [2.75, 3.05) is 6.54 Å². The van der Waals surface area contributed by atoms with Crippen molar-refractivity contribution in [2.45, 2.75) is 71.2 Å². The molecule has 4 nitrogen and oxygen atoms in total. The summed E-state index contributed by atoms with van der Waals surface area (Å²) >= 11 is 1.68. The molecule has 0 spiro atoms. The Morgan fingerprint density at radius 3 is 2.77 bits per heavy atom. The van der Waals surface area contributed by atoms with Gasteiger partial charge in [-0.3, -0.25) is 9.69 Å². The highest BCUT2D eigenvalue weighted by Crippen LogP contribution is 2.24. The number of nitrogens with zero attached hydrogens (tertiary/aromatic N) is 1. The monoisotopic (exact) mass is 324 g/mol. The second-order valence-electron chi connectivity index (χ2n) is 6.49. The molecule has 124 valence electrons. The van der Waals surface area contributed by atoms with Gasteiger partial charge in [-0.05, 0) is 50.6 Å². The highest BCUT2D eigenvalue weighted by Gasteiger charge is 2.31. The molecule has 1 heterocycles. The molecule has 1 fully saturated rings. The standard InChI is InChI=1S/C17H28N2O2S/c1-12(2)19(14-6-4-5-7-15(14)20)11-17(21)18-10-16-13(3)8-9-22-16/h8-9,12,14-15,20H,4-7,10-11H2,1-3H3,(H,18,21)/t14-,15+/m0/s1. The Balaban J connectivity index is 1.90. The lowest BCUT2D eigenvalue weighted by Gasteiger charge is -2.39. The van der Waals surface area contributed by atoms with Crippen molar-refractivity contribution in [2.24, 2.45) is 0 Å². The summed E-state index contributed by atoms with van der Waals surface area (Å²) in [7, 11) is 0. The molecule has 0 radical (unpaired) electrons. The van der Waals surface area contributed by atoms with Crippen LogP contribution in [0.25, 0.3) is 0 Å². The van der Waals surface area contributed by atoms with E-state index in [0.29, 0.717) is 13.1 Å². The van der Waals surface area contributed by atoms with Crippen molar-refractivity contribution in [1.29, 1.82) is 0 Å². The van der Waals surface area contributed by atoms with Gasteiger partial charge in [0.2, 0.25) is 5.91 Å². The van der Waals surface area contributed by atoms with Crippen LogP contribution in [0.3, 0.4) is 0 Å². The molecular formula is C17H28N2O2S. The maximum atomic E-state index is 12.3. The minimum atomic E-state index is -0.302. The minimum absolute atomic E-state index is 0.0410. The van der Waals surface area contributed by atoms with Gasteiger partial charge in [0.15, 0.2) is 0 Å². The Labute approximate surface area is 137 Å². The van der Waals surface area contributed by atoms with Gasteiger partial charge in [0.1, 0.15) is 0 Å². The maximum absolute atomic E-state index is 12.3. The molecule has 1 saturated carbocycles. The first-order chi connectivity index (χ1) is 10.5. The number of aryl methyl sites for hydroxylation is 1. The summed E-state index contributed by atoms with van der Waals surface area (Å²) < 4.78 is 0. The van der Waals surface area contributed by atoms with E-state index in [1.165, 1.54) is 10.4 Å². The summed E-state index contributed by atoms with van der Waals surface area (Å²) in [6.45, 7) is 7.22. The van der Waals surface area contributed by atoms with E-state index >= 15 is 0 Å². The molecule has 2 rings (SSSR count). The summed E-state index contributed by atoms with van der Waals surface area (Å²) in [4.78, 5) is 15.6. The van der Waals surface area contributed by atoms with E-state index in [1.807, 2.05) is 0 Å². The first-order valence-electron chi connectivity index (χ1n) is 8.22. The molecule has 1 aromatic heterocycles. The highest BCUT2D eigenvalue weighted by atomic mass is 32.1. The van der Waals surface area contributed by atoms with Crippen LogP contribution in [0, 0.1) is 6.92 Å². The molecule has 2 atom stereocenters. The van der Waals surface area contributed by atoms with Crippen LogP contribution in [-0.2, 0) is 11.3 Å². The molecule has 1 aliphatic carbocycles. The molecule has 22 heavy (non-hydrogen) atoms. The van der Waals surface area contributed by atoms with Crippen LogP contribution in [0.15, 0.2) is 11.4 Å². The van der Waals surface area contributed by atoms with Crippen molar-refractivity contribution in [3.05, 3.63) is 21.9 Å². The van der Waals surface area contributed by atoms with E-state index in [-0.39, 0.29) is 24.1 Å². The maximum Gasteiger partial charge on any atom is 0.234 e. The molecular weight excluding hydrogens is 296 g/mol. The Hall–Kier alpha value is -0.910. The molecule has 0 bridgehead atoms. The first kappa shape index (κ1) is 17.4. The molecule has 1 amide bonds. The number of hydrogen-bond acceptors (Lipinski definition) is 4. The Morgan fingerprint density at radius 2 is 2.18 bits per heavy atom. The second kappa shape index (κ2) is 8.09. The van der Waals surface area contributed by atoms with Gasteiger partial charge in [-0.2, -0.15) is 0 Å². The second-order valence-corrected chi connectivity index (χ2v) is 7.49. The number of thiophene rings is 1. The van der Waals surface area contributed by atoms with Crippen LogP contribution < -0.4 is 5.32 Å². The first-order valence-corrected chi connectivity index (χ1v) is 9.10. The van der Waals surface area contributed by atoms with Gasteiger partial charge in [0, 0.05) is 17.0 Å². The average molecular weight is 324 g/mol. The molecule has 0 aliphatic heterocycles. The summed E-state index contributed by atoms with van der Waals surface area (Å²) in [6.07, 6.45) is 3.76. The Morgan fingerprint density at radius 1 is 1.45 bits per heavy atom. The smallest absolute Gasteiger partial charge is 0.234 e. The summed E-state index contributed by atoms with van der Waals surface area (Å²) in [5.41, 5.74) is 1.23. The van der Waals surface area contributed by atoms with E-state index in [2.05, 4.69) is 42.4 Å². The van der Waals surface area contributed by atoms with Crippen LogP contribution in [0.1, 0.15) is 50.0 Å². The topological polar surface area (TPSA) is 52.6 Å². The Kier molecular flexibility index (Phi) is 6.41. The molecule has 0 unspecified atom stereocenters. The number of carbonyl (C=O) groups is 1. The van der Waals surface area contributed by atoms with Gasteiger partial charge in [0.25, 0.3) is 0 Å². The molecule has 0 aromatic carbocycles. The lowest BCUT2D eigenvalue weighted by molar-refractivity contribution is -0.124. The van der Waals surface area contributed by atoms with Gasteiger partial charge in [0.05, 0.1) is 19.2 Å². The molecule has 0 saturated heterocycles. The fourth-order valence-corrected chi connectivity index (χ4v) is 3.99. The fraction of sp³-hybridized carbons (Fsp3) is 0.706. The number of amides is 1. The fourth-order valence-electron chi connectivity index (χ4n) is 3.15. The minimum Gasteiger partial charge on any atom is -0.391 e. The van der Waals surface area contributed by atoms with Crippen LogP contribution >= 0.6 is 11.3 Å². The van der Waals surface area contributed by atoms with Crippen molar-refractivity contribution >= 4 is 17.2 Å². The lowest BCUT2D eigenvalue weighted by Crippen LogP contribution is -2.52. The van der Waals surface area contributed by atoms with Crippen LogP contribution in [0.2, 0.25) is 0 Å². The van der Waals surface area contributed by atoms with Crippen molar-refractivity contribution in [3.8, 4) is 0 Å². The van der Waals surface area contributed by atoms with Gasteiger partial charge in [-0.15, -0.1) is 11.3 Å². The van der Waals surface area contributed by atoms with Crippen molar-refractivity contribution < 1.29 is 9.90 Å². The number of rotatable bonds is 6. The van der Waals surface area contributed by atoms with E-state index in [1.54, 1.807) is 11.3 Å². The zero-order valence-corrected chi connectivity index (χ0v) is 14.7. The normalized spacial score (nSPS) is 22.3. The number of aliphatic hydroxyl groups is 1. The number of carbonyl (C=O) groups excluding carboxylic acids is 1. The van der Waals surface area contributed by atoms with Crippen LogP contribution in [0.5, 0.6) is 0 Å². The summed E-state index contributed by atoms with van der Waals surface area (Å²) in [5, 5.41) is 15.3. The number of hydrogen-bond donors (Lipinski definition) is 2. The van der Waals surface area contributed by atoms with Gasteiger partial charge < -0.3 is 10.4 Å². The van der Waals surface area contributed by atoms with Gasteiger partial charge in [-0.25, -0.2) is 0 Å².